The van der Waals surface area contributed by atoms with Crippen molar-refractivity contribution < 1.29 is 19.3 Å². The minimum Gasteiger partial charge on any atom is -0.497 e. The van der Waals surface area contributed by atoms with Crippen molar-refractivity contribution in [1.82, 2.24) is 4.90 Å². The molecule has 4 fully saturated rings. The maximum absolute atomic E-state index is 12.4. The number of likely N-dealkylation sites (tertiary alicyclic amines) is 1. The van der Waals surface area contributed by atoms with Crippen molar-refractivity contribution in [3.63, 3.8) is 0 Å². The van der Waals surface area contributed by atoms with E-state index < -0.39 is 11.4 Å². The van der Waals surface area contributed by atoms with Gasteiger partial charge in [-0.1, -0.05) is 12.5 Å². The number of benzene rings is 1. The highest BCUT2D eigenvalue weighted by molar-refractivity contribution is 5.49. The predicted octanol–water partition coefficient (Wildman–Crippen LogP) is 3.02. The van der Waals surface area contributed by atoms with Crippen LogP contribution in [0.15, 0.2) is 18.2 Å². The summed E-state index contributed by atoms with van der Waals surface area (Å²) < 4.78 is 17.9. The molecule has 5 heteroatoms. The molecule has 2 bridgehead atoms. The van der Waals surface area contributed by atoms with E-state index in [1.54, 1.807) is 7.11 Å². The van der Waals surface area contributed by atoms with Gasteiger partial charge in [0.05, 0.1) is 25.9 Å². The summed E-state index contributed by atoms with van der Waals surface area (Å²) in [6, 6.07) is 6.68. The van der Waals surface area contributed by atoms with E-state index in [-0.39, 0.29) is 11.5 Å². The van der Waals surface area contributed by atoms with Crippen molar-refractivity contribution in [1.29, 1.82) is 0 Å². The average molecular weight is 400 g/mol. The second kappa shape index (κ2) is 6.43. The summed E-state index contributed by atoms with van der Waals surface area (Å²) >= 11 is 0. The van der Waals surface area contributed by atoms with Crippen LogP contribution in [0.5, 0.6) is 5.75 Å². The van der Waals surface area contributed by atoms with E-state index in [0.717, 1.165) is 56.9 Å². The Bertz CT molecular complexity index is 802. The molecule has 1 spiro atoms. The SMILES string of the molecule is COc1ccc2c(c1)[C@@]13CCN(CC4CCC4)[C@@H](C2)[C@@]1(O)CCC1(C3)OCCO1. The van der Waals surface area contributed by atoms with Crippen LogP contribution in [0.4, 0.5) is 0 Å². The van der Waals surface area contributed by atoms with E-state index in [0.29, 0.717) is 13.2 Å². The molecule has 2 saturated carbocycles. The molecule has 0 unspecified atom stereocenters. The predicted molar refractivity (Wildman–Crippen MR) is 109 cm³/mol. The summed E-state index contributed by atoms with van der Waals surface area (Å²) in [7, 11) is 1.73. The molecule has 2 saturated heterocycles. The second-order valence-electron chi connectivity index (χ2n) is 10.1. The summed E-state index contributed by atoms with van der Waals surface area (Å²) in [4.78, 5) is 2.63. The topological polar surface area (TPSA) is 51.2 Å². The van der Waals surface area contributed by atoms with Gasteiger partial charge in [0.25, 0.3) is 0 Å². The Morgan fingerprint density at radius 1 is 1.17 bits per heavy atom. The Balaban J connectivity index is 1.45. The van der Waals surface area contributed by atoms with E-state index in [1.165, 1.54) is 30.4 Å². The molecule has 29 heavy (non-hydrogen) atoms. The number of hydrogen-bond donors (Lipinski definition) is 1. The fourth-order valence-electron chi connectivity index (χ4n) is 7.15. The van der Waals surface area contributed by atoms with Crippen LogP contribution >= 0.6 is 0 Å². The first-order valence-corrected chi connectivity index (χ1v) is 11.5. The van der Waals surface area contributed by atoms with Crippen LogP contribution in [0.1, 0.15) is 56.1 Å². The normalized spacial score (nSPS) is 38.3. The van der Waals surface area contributed by atoms with E-state index >= 15 is 0 Å². The number of nitrogens with zero attached hydrogens (tertiary/aromatic N) is 1. The van der Waals surface area contributed by atoms with E-state index in [2.05, 4.69) is 23.1 Å². The van der Waals surface area contributed by atoms with Crippen LogP contribution in [0.25, 0.3) is 0 Å². The second-order valence-corrected chi connectivity index (χ2v) is 10.1. The third-order valence-corrected chi connectivity index (χ3v) is 8.88. The van der Waals surface area contributed by atoms with Gasteiger partial charge in [0.15, 0.2) is 5.79 Å². The molecule has 1 aromatic rings. The quantitative estimate of drug-likeness (QED) is 0.847. The van der Waals surface area contributed by atoms with E-state index in [1.807, 2.05) is 0 Å². The van der Waals surface area contributed by atoms with Gasteiger partial charge in [-0.15, -0.1) is 0 Å². The summed E-state index contributed by atoms with van der Waals surface area (Å²) in [5, 5.41) is 12.4. The molecule has 1 N–H and O–H groups in total. The molecule has 3 atom stereocenters. The Hall–Kier alpha value is -1.14. The summed E-state index contributed by atoms with van der Waals surface area (Å²) in [5.41, 5.74) is 1.60. The van der Waals surface area contributed by atoms with E-state index in [4.69, 9.17) is 14.2 Å². The zero-order chi connectivity index (χ0) is 19.7. The van der Waals surface area contributed by atoms with Crippen LogP contribution in [-0.4, -0.2) is 60.8 Å². The molecule has 5 nitrogen and oxygen atoms in total. The lowest BCUT2D eigenvalue weighted by Crippen LogP contribution is -2.75. The van der Waals surface area contributed by atoms with Gasteiger partial charge in [0.1, 0.15) is 5.75 Å². The highest BCUT2D eigenvalue weighted by Gasteiger charge is 2.68. The number of ether oxygens (including phenoxy) is 3. The molecule has 2 heterocycles. The highest BCUT2D eigenvalue weighted by Crippen LogP contribution is 2.61. The molecule has 0 radical (unpaired) electrons. The highest BCUT2D eigenvalue weighted by atomic mass is 16.7. The van der Waals surface area contributed by atoms with Crippen LogP contribution < -0.4 is 4.74 Å². The van der Waals surface area contributed by atoms with Gasteiger partial charge in [-0.25, -0.2) is 0 Å². The summed E-state index contributed by atoms with van der Waals surface area (Å²) in [6.45, 7) is 3.52. The smallest absolute Gasteiger partial charge is 0.169 e. The number of methoxy groups -OCH3 is 1. The molecule has 1 aromatic carbocycles. The molecular formula is C24H33NO4. The number of rotatable bonds is 3. The van der Waals surface area contributed by atoms with Crippen molar-refractivity contribution in [2.24, 2.45) is 5.92 Å². The standard InChI is InChI=1S/C24H33NO4/c1-27-19-6-5-18-13-21-24(26)8-7-23(28-11-12-29-23)16-22(24,20(18)14-19)9-10-25(21)15-17-3-2-4-17/h5-6,14,17,21,26H,2-4,7-13,15-16H2,1H3/t21-,22-,24-/m0/s1. The van der Waals surface area contributed by atoms with Crippen LogP contribution in [-0.2, 0) is 21.3 Å². The zero-order valence-electron chi connectivity index (χ0n) is 17.5. The molecular weight excluding hydrogens is 366 g/mol. The minimum absolute atomic E-state index is 0.191. The van der Waals surface area contributed by atoms with Gasteiger partial charge in [-0.05, 0) is 67.8 Å². The minimum atomic E-state index is -0.727. The zero-order valence-corrected chi connectivity index (χ0v) is 17.5. The summed E-state index contributed by atoms with van der Waals surface area (Å²) in [5.74, 6) is 1.17. The van der Waals surface area contributed by atoms with Crippen LogP contribution in [0.2, 0.25) is 0 Å². The van der Waals surface area contributed by atoms with Gasteiger partial charge in [-0.2, -0.15) is 0 Å². The average Bonchev–Trinajstić information content (AvgIpc) is 3.14. The first-order chi connectivity index (χ1) is 14.1. The Kier molecular flexibility index (Phi) is 4.13. The van der Waals surface area contributed by atoms with Crippen molar-refractivity contribution >= 4 is 0 Å². The lowest BCUT2D eigenvalue weighted by atomic mass is 9.48. The maximum atomic E-state index is 12.4. The largest absolute Gasteiger partial charge is 0.497 e. The fourth-order valence-corrected chi connectivity index (χ4v) is 7.15. The molecule has 0 aromatic heterocycles. The van der Waals surface area contributed by atoms with Crippen LogP contribution in [0.3, 0.4) is 0 Å². The summed E-state index contributed by atoms with van der Waals surface area (Å²) in [6.07, 6.45) is 8.26. The first-order valence-electron chi connectivity index (χ1n) is 11.5. The van der Waals surface area contributed by atoms with Crippen molar-refractivity contribution in [3.05, 3.63) is 29.3 Å². The lowest BCUT2D eigenvalue weighted by Gasteiger charge is -2.66. The van der Waals surface area contributed by atoms with Crippen molar-refractivity contribution in [2.75, 3.05) is 33.4 Å². The molecule has 0 amide bonds. The number of fused-ring (bicyclic) bond motifs is 1. The molecule has 6 rings (SSSR count). The third kappa shape index (κ3) is 2.54. The molecule has 5 aliphatic rings. The van der Waals surface area contributed by atoms with Gasteiger partial charge >= 0.3 is 0 Å². The van der Waals surface area contributed by atoms with Gasteiger partial charge < -0.3 is 19.3 Å². The number of hydrogen-bond acceptors (Lipinski definition) is 5. The fraction of sp³-hybridized carbons (Fsp3) is 0.750. The molecule has 158 valence electrons. The monoisotopic (exact) mass is 399 g/mol. The van der Waals surface area contributed by atoms with Crippen LogP contribution in [0, 0.1) is 5.92 Å². The lowest BCUT2D eigenvalue weighted by molar-refractivity contribution is -0.259. The first kappa shape index (κ1) is 18.6. The Morgan fingerprint density at radius 2 is 2.00 bits per heavy atom. The maximum Gasteiger partial charge on any atom is 0.169 e. The molecule has 3 aliphatic carbocycles. The Morgan fingerprint density at radius 3 is 2.72 bits per heavy atom. The molecule has 2 aliphatic heterocycles. The van der Waals surface area contributed by atoms with Crippen molar-refractivity contribution in [3.8, 4) is 5.75 Å². The van der Waals surface area contributed by atoms with Crippen molar-refractivity contribution in [2.45, 2.75) is 74.2 Å². The van der Waals surface area contributed by atoms with Gasteiger partial charge in [0.2, 0.25) is 0 Å². The third-order valence-electron chi connectivity index (χ3n) is 8.88. The number of piperidine rings is 1. The van der Waals surface area contributed by atoms with Gasteiger partial charge in [0, 0.05) is 30.8 Å². The van der Waals surface area contributed by atoms with Gasteiger partial charge in [-0.3, -0.25) is 4.90 Å². The van der Waals surface area contributed by atoms with E-state index in [9.17, 15) is 5.11 Å². The number of aliphatic hydroxyl groups is 1. The Labute approximate surface area is 173 Å².